The minimum atomic E-state index is -0.526. The summed E-state index contributed by atoms with van der Waals surface area (Å²) in [6.07, 6.45) is 0. The molecule has 3 heteroatoms. The number of hydrogen-bond donors (Lipinski definition) is 1. The van der Waals surface area contributed by atoms with Crippen LogP contribution in [0.4, 0.5) is 0 Å². The lowest BCUT2D eigenvalue weighted by atomic mass is 9.94. The number of carbonyl (C=O) groups is 1. The average Bonchev–Trinajstić information content (AvgIpc) is 2.46. The number of benzene rings is 2. The zero-order chi connectivity index (χ0) is 13.8. The molecule has 1 amide bonds. The lowest BCUT2D eigenvalue weighted by molar-refractivity contribution is -0.112. The van der Waals surface area contributed by atoms with Gasteiger partial charge in [0.15, 0.2) is 0 Å². The normalized spacial score (nSPS) is 9.95. The van der Waals surface area contributed by atoms with Crippen LogP contribution in [0.25, 0.3) is 16.7 Å². The van der Waals surface area contributed by atoms with E-state index in [4.69, 9.17) is 10.5 Å². The first kappa shape index (κ1) is 12.9. The minimum absolute atomic E-state index is 0.293. The maximum absolute atomic E-state index is 11.3. The first-order valence-corrected chi connectivity index (χ1v) is 5.86. The second-order valence-corrected chi connectivity index (χ2v) is 4.12. The molecule has 0 aliphatic rings. The van der Waals surface area contributed by atoms with Crippen molar-refractivity contribution in [3.8, 4) is 16.9 Å². The smallest absolute Gasteiger partial charge is 0.248 e. The first-order chi connectivity index (χ1) is 9.13. The van der Waals surface area contributed by atoms with Gasteiger partial charge < -0.3 is 10.5 Å². The zero-order valence-corrected chi connectivity index (χ0v) is 10.7. The molecule has 0 aliphatic carbocycles. The Kier molecular flexibility index (Phi) is 3.66. The van der Waals surface area contributed by atoms with Crippen molar-refractivity contribution in [1.82, 2.24) is 0 Å². The molecule has 2 aromatic carbocycles. The summed E-state index contributed by atoms with van der Waals surface area (Å²) in [4.78, 5) is 11.3. The summed E-state index contributed by atoms with van der Waals surface area (Å²) in [7, 11) is 1.60. The van der Waals surface area contributed by atoms with Gasteiger partial charge in [-0.2, -0.15) is 0 Å². The summed E-state index contributed by atoms with van der Waals surface area (Å²) in [5, 5.41) is 0. The molecule has 0 saturated heterocycles. The van der Waals surface area contributed by atoms with Crippen LogP contribution in [0.1, 0.15) is 5.56 Å². The monoisotopic (exact) mass is 253 g/mol. The molecular weight excluding hydrogens is 238 g/mol. The number of amides is 1. The van der Waals surface area contributed by atoms with Crippen LogP contribution >= 0.6 is 0 Å². The molecule has 0 aromatic heterocycles. The highest BCUT2D eigenvalue weighted by Gasteiger charge is 2.12. The van der Waals surface area contributed by atoms with Gasteiger partial charge >= 0.3 is 0 Å². The third kappa shape index (κ3) is 2.65. The highest BCUT2D eigenvalue weighted by atomic mass is 16.5. The van der Waals surface area contributed by atoms with Crippen molar-refractivity contribution in [2.24, 2.45) is 5.73 Å². The number of hydrogen-bond acceptors (Lipinski definition) is 2. The molecule has 0 heterocycles. The van der Waals surface area contributed by atoms with Gasteiger partial charge in [0.2, 0.25) is 5.91 Å². The number of nitrogens with two attached hydrogens (primary N) is 1. The largest absolute Gasteiger partial charge is 0.497 e. The van der Waals surface area contributed by atoms with Crippen molar-refractivity contribution >= 4 is 11.5 Å². The number of primary amides is 1. The van der Waals surface area contributed by atoms with E-state index in [-0.39, 0.29) is 0 Å². The fourth-order valence-electron chi connectivity index (χ4n) is 1.90. The standard InChI is InChI=1S/C16H15NO2/c1-11(16(17)18)14-9-8-13(19-2)10-15(14)12-6-4-3-5-7-12/h3-10H,1H2,2H3,(H2,17,18). The Balaban J connectivity index is 2.62. The van der Waals surface area contributed by atoms with Crippen molar-refractivity contribution in [2.75, 3.05) is 7.11 Å². The molecule has 19 heavy (non-hydrogen) atoms. The van der Waals surface area contributed by atoms with E-state index in [1.807, 2.05) is 36.4 Å². The third-order valence-electron chi connectivity index (χ3n) is 2.93. The first-order valence-electron chi connectivity index (χ1n) is 5.86. The van der Waals surface area contributed by atoms with E-state index >= 15 is 0 Å². The van der Waals surface area contributed by atoms with Crippen LogP contribution in [0.5, 0.6) is 5.75 Å². The SMILES string of the molecule is C=C(C(N)=O)c1ccc(OC)cc1-c1ccccc1. The van der Waals surface area contributed by atoms with Crippen LogP contribution < -0.4 is 10.5 Å². The molecule has 2 aromatic rings. The van der Waals surface area contributed by atoms with E-state index in [0.29, 0.717) is 5.57 Å². The van der Waals surface area contributed by atoms with Crippen LogP contribution in [0.3, 0.4) is 0 Å². The lowest BCUT2D eigenvalue weighted by Gasteiger charge is -2.12. The van der Waals surface area contributed by atoms with Gasteiger partial charge in [-0.3, -0.25) is 4.79 Å². The number of rotatable bonds is 4. The summed E-state index contributed by atoms with van der Waals surface area (Å²) in [5.41, 5.74) is 8.19. The topological polar surface area (TPSA) is 52.3 Å². The number of ether oxygens (including phenoxy) is 1. The Hall–Kier alpha value is -2.55. The zero-order valence-electron chi connectivity index (χ0n) is 10.7. The van der Waals surface area contributed by atoms with Crippen LogP contribution in [0.2, 0.25) is 0 Å². The summed E-state index contributed by atoms with van der Waals surface area (Å²) in [6.45, 7) is 3.75. The van der Waals surface area contributed by atoms with Gasteiger partial charge in [0, 0.05) is 5.57 Å². The fraction of sp³-hybridized carbons (Fsp3) is 0.0625. The Bertz CT molecular complexity index is 618. The van der Waals surface area contributed by atoms with E-state index < -0.39 is 5.91 Å². The van der Waals surface area contributed by atoms with Crippen LogP contribution in [0.15, 0.2) is 55.1 Å². The summed E-state index contributed by atoms with van der Waals surface area (Å²) in [5.74, 6) is 0.197. The molecule has 0 saturated carbocycles. The summed E-state index contributed by atoms with van der Waals surface area (Å²) in [6, 6.07) is 15.2. The Labute approximate surface area is 112 Å². The minimum Gasteiger partial charge on any atom is -0.497 e. The molecule has 0 radical (unpaired) electrons. The van der Waals surface area contributed by atoms with Crippen LogP contribution in [0, 0.1) is 0 Å². The predicted molar refractivity (Wildman–Crippen MR) is 76.7 cm³/mol. The molecule has 3 nitrogen and oxygen atoms in total. The molecular formula is C16H15NO2. The molecule has 0 bridgehead atoms. The van der Waals surface area contributed by atoms with E-state index in [1.165, 1.54) is 0 Å². The summed E-state index contributed by atoms with van der Waals surface area (Å²) >= 11 is 0. The fourth-order valence-corrected chi connectivity index (χ4v) is 1.90. The van der Waals surface area contributed by atoms with Crippen molar-refractivity contribution < 1.29 is 9.53 Å². The second kappa shape index (κ2) is 5.40. The molecule has 2 N–H and O–H groups in total. The van der Waals surface area contributed by atoms with Gasteiger partial charge in [0.25, 0.3) is 0 Å². The Morgan fingerprint density at radius 2 is 1.84 bits per heavy atom. The predicted octanol–water partition coefficient (Wildman–Crippen LogP) is 2.86. The molecule has 0 unspecified atom stereocenters. The Morgan fingerprint density at radius 3 is 2.42 bits per heavy atom. The average molecular weight is 253 g/mol. The van der Waals surface area contributed by atoms with E-state index in [0.717, 1.165) is 22.4 Å². The Morgan fingerprint density at radius 1 is 1.16 bits per heavy atom. The van der Waals surface area contributed by atoms with Gasteiger partial charge in [-0.25, -0.2) is 0 Å². The van der Waals surface area contributed by atoms with Gasteiger partial charge in [0.1, 0.15) is 5.75 Å². The highest BCUT2D eigenvalue weighted by Crippen LogP contribution is 2.31. The maximum Gasteiger partial charge on any atom is 0.248 e. The van der Waals surface area contributed by atoms with E-state index in [2.05, 4.69) is 6.58 Å². The molecule has 96 valence electrons. The molecule has 2 rings (SSSR count). The lowest BCUT2D eigenvalue weighted by Crippen LogP contribution is -2.12. The van der Waals surface area contributed by atoms with E-state index in [1.54, 1.807) is 19.2 Å². The van der Waals surface area contributed by atoms with Crippen LogP contribution in [-0.2, 0) is 4.79 Å². The van der Waals surface area contributed by atoms with Crippen molar-refractivity contribution in [1.29, 1.82) is 0 Å². The van der Waals surface area contributed by atoms with Gasteiger partial charge in [-0.15, -0.1) is 0 Å². The third-order valence-corrected chi connectivity index (χ3v) is 2.93. The highest BCUT2D eigenvalue weighted by molar-refractivity contribution is 6.19. The summed E-state index contributed by atoms with van der Waals surface area (Å²) < 4.78 is 5.23. The van der Waals surface area contributed by atoms with Crippen molar-refractivity contribution in [3.05, 3.63) is 60.7 Å². The van der Waals surface area contributed by atoms with Crippen molar-refractivity contribution in [3.63, 3.8) is 0 Å². The second-order valence-electron chi connectivity index (χ2n) is 4.12. The van der Waals surface area contributed by atoms with E-state index in [9.17, 15) is 4.79 Å². The number of carbonyl (C=O) groups excluding carboxylic acids is 1. The number of methoxy groups -OCH3 is 1. The quantitative estimate of drug-likeness (QED) is 0.852. The molecule has 0 aliphatic heterocycles. The maximum atomic E-state index is 11.3. The molecule has 0 atom stereocenters. The van der Waals surface area contributed by atoms with Crippen LogP contribution in [-0.4, -0.2) is 13.0 Å². The van der Waals surface area contributed by atoms with Gasteiger partial charge in [0.05, 0.1) is 7.11 Å². The molecule has 0 spiro atoms. The van der Waals surface area contributed by atoms with Crippen molar-refractivity contribution in [2.45, 2.75) is 0 Å². The van der Waals surface area contributed by atoms with Gasteiger partial charge in [-0.05, 0) is 34.9 Å². The molecule has 0 fully saturated rings. The van der Waals surface area contributed by atoms with Gasteiger partial charge in [-0.1, -0.05) is 36.9 Å².